The van der Waals surface area contributed by atoms with E-state index in [0.29, 0.717) is 6.42 Å². The fourth-order valence-electron chi connectivity index (χ4n) is 2.23. The lowest BCUT2D eigenvalue weighted by atomic mass is 9.98. The van der Waals surface area contributed by atoms with Crippen LogP contribution in [0.25, 0.3) is 0 Å². The minimum Gasteiger partial charge on any atom is -0.481 e. The molecule has 0 bridgehead atoms. The molecular weight excluding hydrogens is 310 g/mol. The Kier molecular flexibility index (Phi) is 10.7. The van der Waals surface area contributed by atoms with Gasteiger partial charge in [-0.05, 0) is 41.0 Å². The topological polar surface area (TPSA) is 84.9 Å². The molecule has 6 heteroatoms. The summed E-state index contributed by atoms with van der Waals surface area (Å²) >= 11 is 0. The summed E-state index contributed by atoms with van der Waals surface area (Å²) < 4.78 is 11.0. The summed E-state index contributed by atoms with van der Waals surface area (Å²) in [5.74, 6) is -1.43. The van der Waals surface area contributed by atoms with Crippen LogP contribution in [0.1, 0.15) is 73.6 Å². The summed E-state index contributed by atoms with van der Waals surface area (Å²) in [7, 11) is 0. The van der Waals surface area contributed by atoms with E-state index in [0.717, 1.165) is 25.7 Å². The molecule has 0 aromatic carbocycles. The minimum absolute atomic E-state index is 0.251. The van der Waals surface area contributed by atoms with Gasteiger partial charge in [-0.3, -0.25) is 4.79 Å². The van der Waals surface area contributed by atoms with Crippen LogP contribution in [0.3, 0.4) is 0 Å². The van der Waals surface area contributed by atoms with Crippen molar-refractivity contribution in [3.05, 3.63) is 0 Å². The van der Waals surface area contributed by atoms with Crippen molar-refractivity contribution in [2.75, 3.05) is 6.61 Å². The van der Waals surface area contributed by atoms with Gasteiger partial charge in [-0.2, -0.15) is 0 Å². The van der Waals surface area contributed by atoms with E-state index >= 15 is 0 Å². The molecule has 0 saturated heterocycles. The molecule has 3 unspecified atom stereocenters. The van der Waals surface area contributed by atoms with Crippen molar-refractivity contribution >= 4 is 12.1 Å². The number of carboxylic acid groups (broad SMARTS) is 1. The number of aliphatic carboxylic acids is 1. The van der Waals surface area contributed by atoms with Crippen molar-refractivity contribution in [2.45, 2.75) is 91.4 Å². The van der Waals surface area contributed by atoms with E-state index < -0.39 is 23.6 Å². The monoisotopic (exact) mass is 345 g/mol. The number of alkyl carbamates (subject to hydrolysis) is 1. The van der Waals surface area contributed by atoms with Crippen LogP contribution in [-0.4, -0.2) is 41.5 Å². The third kappa shape index (κ3) is 11.3. The van der Waals surface area contributed by atoms with E-state index in [1.807, 2.05) is 6.92 Å². The van der Waals surface area contributed by atoms with E-state index in [4.69, 9.17) is 9.47 Å². The van der Waals surface area contributed by atoms with E-state index in [2.05, 4.69) is 12.2 Å². The van der Waals surface area contributed by atoms with Crippen molar-refractivity contribution in [3.63, 3.8) is 0 Å². The first-order valence-corrected chi connectivity index (χ1v) is 8.90. The number of rotatable bonds is 11. The van der Waals surface area contributed by atoms with Gasteiger partial charge in [0.15, 0.2) is 0 Å². The van der Waals surface area contributed by atoms with Crippen molar-refractivity contribution in [2.24, 2.45) is 5.92 Å². The Balaban J connectivity index is 4.36. The summed E-state index contributed by atoms with van der Waals surface area (Å²) in [6.07, 6.45) is 4.18. The summed E-state index contributed by atoms with van der Waals surface area (Å²) in [5.41, 5.74) is -0.551. The predicted octanol–water partition coefficient (Wildman–Crippen LogP) is 3.98. The van der Waals surface area contributed by atoms with Gasteiger partial charge < -0.3 is 19.9 Å². The zero-order chi connectivity index (χ0) is 18.8. The molecule has 0 fully saturated rings. The lowest BCUT2D eigenvalue weighted by Crippen LogP contribution is -2.41. The van der Waals surface area contributed by atoms with Crippen LogP contribution in [-0.2, 0) is 14.3 Å². The molecule has 142 valence electrons. The molecular formula is C18H35NO5. The van der Waals surface area contributed by atoms with Gasteiger partial charge in [0.2, 0.25) is 0 Å². The quantitative estimate of drug-likeness (QED) is 0.553. The number of carbonyl (C=O) groups is 2. The van der Waals surface area contributed by atoms with Crippen LogP contribution in [0.15, 0.2) is 0 Å². The maximum absolute atomic E-state index is 11.7. The zero-order valence-corrected chi connectivity index (χ0v) is 16.1. The first kappa shape index (κ1) is 22.7. The number of hydrogen-bond donors (Lipinski definition) is 2. The van der Waals surface area contributed by atoms with Crippen LogP contribution >= 0.6 is 0 Å². The number of unbranched alkanes of at least 4 members (excludes halogenated alkanes) is 3. The van der Waals surface area contributed by atoms with E-state index in [1.165, 1.54) is 0 Å². The van der Waals surface area contributed by atoms with Crippen LogP contribution in [0.4, 0.5) is 4.79 Å². The predicted molar refractivity (Wildman–Crippen MR) is 94.1 cm³/mol. The molecule has 1 amide bonds. The van der Waals surface area contributed by atoms with Gasteiger partial charge in [0.25, 0.3) is 0 Å². The Morgan fingerprint density at radius 3 is 2.25 bits per heavy atom. The van der Waals surface area contributed by atoms with Crippen molar-refractivity contribution in [3.8, 4) is 0 Å². The molecule has 2 N–H and O–H groups in total. The second-order valence-corrected chi connectivity index (χ2v) is 7.40. The number of amides is 1. The van der Waals surface area contributed by atoms with Gasteiger partial charge >= 0.3 is 12.1 Å². The Morgan fingerprint density at radius 1 is 1.12 bits per heavy atom. The van der Waals surface area contributed by atoms with Gasteiger partial charge in [0.1, 0.15) is 5.60 Å². The molecule has 0 aliphatic heterocycles. The van der Waals surface area contributed by atoms with Gasteiger partial charge in [-0.25, -0.2) is 4.79 Å². The lowest BCUT2D eigenvalue weighted by molar-refractivity contribution is -0.147. The average Bonchev–Trinajstić information content (AvgIpc) is 2.43. The fourth-order valence-corrected chi connectivity index (χ4v) is 2.23. The number of carboxylic acids is 1. The fraction of sp³-hybridized carbons (Fsp3) is 0.889. The van der Waals surface area contributed by atoms with Crippen LogP contribution in [0, 0.1) is 5.92 Å². The Hall–Kier alpha value is -1.30. The highest BCUT2D eigenvalue weighted by molar-refractivity contribution is 5.70. The highest BCUT2D eigenvalue weighted by atomic mass is 16.6. The SMILES string of the molecule is CCCCCCC(OCC(C)NC(=O)OC(C)(C)C)C(C)C(=O)O. The lowest BCUT2D eigenvalue weighted by Gasteiger charge is -2.25. The van der Waals surface area contributed by atoms with Gasteiger partial charge in [-0.1, -0.05) is 32.6 Å². The highest BCUT2D eigenvalue weighted by Gasteiger charge is 2.25. The third-order valence-electron chi connectivity index (χ3n) is 3.61. The molecule has 6 nitrogen and oxygen atoms in total. The largest absolute Gasteiger partial charge is 0.481 e. The molecule has 3 atom stereocenters. The smallest absolute Gasteiger partial charge is 0.407 e. The van der Waals surface area contributed by atoms with E-state index in [-0.39, 0.29) is 18.8 Å². The Morgan fingerprint density at radius 2 is 1.75 bits per heavy atom. The van der Waals surface area contributed by atoms with Gasteiger partial charge in [0, 0.05) is 0 Å². The summed E-state index contributed by atoms with van der Waals surface area (Å²) in [4.78, 5) is 23.0. The molecule has 0 aromatic heterocycles. The summed E-state index contributed by atoms with van der Waals surface area (Å²) in [6, 6.07) is -0.251. The molecule has 0 aromatic rings. The maximum Gasteiger partial charge on any atom is 0.407 e. The standard InChI is InChI=1S/C18H35NO5/c1-7-8-9-10-11-15(14(3)16(20)21)23-12-13(2)19-17(22)24-18(4,5)6/h13-15H,7-12H2,1-6H3,(H,19,22)(H,20,21). The number of nitrogens with one attached hydrogen (secondary N) is 1. The molecule has 0 heterocycles. The number of carbonyl (C=O) groups excluding carboxylic acids is 1. The summed E-state index contributed by atoms with van der Waals surface area (Å²) in [6.45, 7) is 11.3. The Bertz CT molecular complexity index is 378. The second-order valence-electron chi connectivity index (χ2n) is 7.40. The first-order chi connectivity index (χ1) is 11.1. The third-order valence-corrected chi connectivity index (χ3v) is 3.61. The Labute approximate surface area is 146 Å². The van der Waals surface area contributed by atoms with E-state index in [9.17, 15) is 14.7 Å². The van der Waals surface area contributed by atoms with Crippen molar-refractivity contribution in [1.82, 2.24) is 5.32 Å². The van der Waals surface area contributed by atoms with Crippen LogP contribution < -0.4 is 5.32 Å². The number of ether oxygens (including phenoxy) is 2. The van der Waals surface area contributed by atoms with Crippen molar-refractivity contribution in [1.29, 1.82) is 0 Å². The molecule has 0 aliphatic rings. The average molecular weight is 345 g/mol. The molecule has 0 radical (unpaired) electrons. The second kappa shape index (κ2) is 11.3. The summed E-state index contributed by atoms with van der Waals surface area (Å²) in [5, 5.41) is 11.9. The van der Waals surface area contributed by atoms with Gasteiger partial charge in [0.05, 0.1) is 24.7 Å². The van der Waals surface area contributed by atoms with Crippen LogP contribution in [0.2, 0.25) is 0 Å². The molecule has 0 spiro atoms. The first-order valence-electron chi connectivity index (χ1n) is 8.90. The maximum atomic E-state index is 11.7. The highest BCUT2D eigenvalue weighted by Crippen LogP contribution is 2.17. The van der Waals surface area contributed by atoms with E-state index in [1.54, 1.807) is 27.7 Å². The van der Waals surface area contributed by atoms with Crippen molar-refractivity contribution < 1.29 is 24.2 Å². The van der Waals surface area contributed by atoms with Crippen LogP contribution in [0.5, 0.6) is 0 Å². The minimum atomic E-state index is -0.858. The van der Waals surface area contributed by atoms with Gasteiger partial charge in [-0.15, -0.1) is 0 Å². The number of hydrogen-bond acceptors (Lipinski definition) is 4. The zero-order valence-electron chi connectivity index (χ0n) is 16.1. The normalized spacial score (nSPS) is 15.4. The molecule has 0 rings (SSSR count). The molecule has 0 saturated carbocycles. The molecule has 0 aliphatic carbocycles. The molecule has 24 heavy (non-hydrogen) atoms.